The quantitative estimate of drug-likeness (QED) is 0.393. The predicted molar refractivity (Wildman–Crippen MR) is 109 cm³/mol. The predicted octanol–water partition coefficient (Wildman–Crippen LogP) is 4.41. The molecule has 0 unspecified atom stereocenters. The van der Waals surface area contributed by atoms with E-state index in [9.17, 15) is 10.0 Å². The summed E-state index contributed by atoms with van der Waals surface area (Å²) < 4.78 is 1.10. The zero-order chi connectivity index (χ0) is 17.6. The molecule has 0 spiro atoms. The second kappa shape index (κ2) is 6.30. The van der Waals surface area contributed by atoms with Crippen LogP contribution >= 0.6 is 15.9 Å². The van der Waals surface area contributed by atoms with Crippen molar-refractivity contribution in [2.75, 3.05) is 0 Å². The van der Waals surface area contributed by atoms with Crippen LogP contribution < -0.4 is 5.46 Å². The molecule has 0 heterocycles. The van der Waals surface area contributed by atoms with Crippen LogP contribution in [0.4, 0.5) is 0 Å². The van der Waals surface area contributed by atoms with Crippen LogP contribution in [0.2, 0.25) is 0 Å². The van der Waals surface area contributed by atoms with Gasteiger partial charge in [0.05, 0.1) is 0 Å². The fourth-order valence-electron chi connectivity index (χ4n) is 3.51. The minimum absolute atomic E-state index is 0.537. The van der Waals surface area contributed by atoms with Gasteiger partial charge in [0.2, 0.25) is 0 Å². The highest BCUT2D eigenvalue weighted by atomic mass is 79.9. The van der Waals surface area contributed by atoms with Gasteiger partial charge in [-0.3, -0.25) is 0 Å². The Morgan fingerprint density at radius 3 is 1.76 bits per heavy atom. The van der Waals surface area contributed by atoms with Gasteiger partial charge in [0.1, 0.15) is 0 Å². The standard InChI is InChI=1S/C21H16BBrO2/c1-13-12-14(10-11-19(13)22(24)25)20-15-6-2-4-8-17(15)21(23)18-9-5-3-7-16(18)20/h2-12,24-25H,1H3. The molecule has 122 valence electrons. The van der Waals surface area contributed by atoms with Gasteiger partial charge in [-0.1, -0.05) is 72.3 Å². The molecular formula is C21H16BBrO2. The lowest BCUT2D eigenvalue weighted by Crippen LogP contribution is -2.31. The first-order valence-corrected chi connectivity index (χ1v) is 8.93. The molecule has 0 aliphatic rings. The zero-order valence-electron chi connectivity index (χ0n) is 13.7. The fraction of sp³-hybridized carbons (Fsp3) is 0.0476. The number of benzene rings is 4. The summed E-state index contributed by atoms with van der Waals surface area (Å²) in [5, 5.41) is 23.7. The van der Waals surface area contributed by atoms with Crippen LogP contribution in [0.25, 0.3) is 32.7 Å². The fourth-order valence-corrected chi connectivity index (χ4v) is 4.20. The Morgan fingerprint density at radius 1 is 0.760 bits per heavy atom. The van der Waals surface area contributed by atoms with Crippen molar-refractivity contribution in [3.05, 3.63) is 76.8 Å². The summed E-state index contributed by atoms with van der Waals surface area (Å²) in [5.41, 5.74) is 3.64. The molecule has 4 heteroatoms. The van der Waals surface area contributed by atoms with Gasteiger partial charge in [0.25, 0.3) is 0 Å². The molecule has 4 rings (SSSR count). The summed E-state index contributed by atoms with van der Waals surface area (Å²) in [6.45, 7) is 1.90. The van der Waals surface area contributed by atoms with E-state index in [2.05, 4.69) is 40.2 Å². The Kier molecular flexibility index (Phi) is 4.12. The lowest BCUT2D eigenvalue weighted by molar-refractivity contribution is 0.425. The molecule has 0 aliphatic carbocycles. The summed E-state index contributed by atoms with van der Waals surface area (Å²) in [4.78, 5) is 0. The third-order valence-corrected chi connectivity index (χ3v) is 5.56. The largest absolute Gasteiger partial charge is 0.488 e. The number of hydrogen-bond donors (Lipinski definition) is 2. The third-order valence-electron chi connectivity index (χ3n) is 4.70. The molecule has 0 saturated carbocycles. The summed E-state index contributed by atoms with van der Waals surface area (Å²) in [6.07, 6.45) is 0. The van der Waals surface area contributed by atoms with Crippen molar-refractivity contribution < 1.29 is 10.0 Å². The number of hydrogen-bond acceptors (Lipinski definition) is 2. The summed E-state index contributed by atoms with van der Waals surface area (Å²) in [6, 6.07) is 22.5. The van der Waals surface area contributed by atoms with Gasteiger partial charge in [0, 0.05) is 4.47 Å². The van der Waals surface area contributed by atoms with E-state index < -0.39 is 7.12 Å². The molecule has 4 aromatic carbocycles. The highest BCUT2D eigenvalue weighted by Gasteiger charge is 2.17. The van der Waals surface area contributed by atoms with Crippen LogP contribution in [-0.2, 0) is 0 Å². The van der Waals surface area contributed by atoms with E-state index >= 15 is 0 Å². The van der Waals surface area contributed by atoms with E-state index in [1.165, 1.54) is 21.5 Å². The zero-order valence-corrected chi connectivity index (χ0v) is 15.3. The summed E-state index contributed by atoms with van der Waals surface area (Å²) in [7, 11) is -1.45. The van der Waals surface area contributed by atoms with Gasteiger partial charge in [-0.2, -0.15) is 0 Å². The maximum atomic E-state index is 9.50. The van der Waals surface area contributed by atoms with Crippen molar-refractivity contribution in [2.24, 2.45) is 0 Å². The highest BCUT2D eigenvalue weighted by Crippen LogP contribution is 2.41. The lowest BCUT2D eigenvalue weighted by atomic mass is 9.76. The highest BCUT2D eigenvalue weighted by molar-refractivity contribution is 9.10. The van der Waals surface area contributed by atoms with Crippen LogP contribution in [0.1, 0.15) is 5.56 Å². The normalized spacial score (nSPS) is 11.2. The molecule has 0 bridgehead atoms. The number of halogens is 1. The van der Waals surface area contributed by atoms with Crippen LogP contribution in [0.3, 0.4) is 0 Å². The minimum atomic E-state index is -1.45. The molecular weight excluding hydrogens is 375 g/mol. The van der Waals surface area contributed by atoms with Crippen molar-refractivity contribution in [3.63, 3.8) is 0 Å². The minimum Gasteiger partial charge on any atom is -0.423 e. The molecule has 2 nitrogen and oxygen atoms in total. The lowest BCUT2D eigenvalue weighted by Gasteiger charge is -2.15. The van der Waals surface area contributed by atoms with E-state index in [0.717, 1.165) is 21.2 Å². The third kappa shape index (κ3) is 2.67. The number of rotatable bonds is 2. The Hall–Kier alpha value is -2.14. The second-order valence-corrected chi connectivity index (χ2v) is 7.02. The van der Waals surface area contributed by atoms with E-state index in [0.29, 0.717) is 5.46 Å². The summed E-state index contributed by atoms with van der Waals surface area (Å²) >= 11 is 3.77. The van der Waals surface area contributed by atoms with E-state index in [1.807, 2.05) is 43.3 Å². The van der Waals surface area contributed by atoms with Crippen molar-refractivity contribution in [3.8, 4) is 11.1 Å². The molecule has 0 saturated heterocycles. The first kappa shape index (κ1) is 16.3. The molecule has 0 atom stereocenters. The molecule has 0 radical (unpaired) electrons. The van der Waals surface area contributed by atoms with Gasteiger partial charge in [-0.25, -0.2) is 0 Å². The number of aryl methyl sites for hydroxylation is 1. The average molecular weight is 391 g/mol. The van der Waals surface area contributed by atoms with Crippen molar-refractivity contribution in [1.29, 1.82) is 0 Å². The maximum absolute atomic E-state index is 9.50. The maximum Gasteiger partial charge on any atom is 0.488 e. The number of fused-ring (bicyclic) bond motifs is 2. The van der Waals surface area contributed by atoms with Gasteiger partial charge in [0.15, 0.2) is 0 Å². The summed E-state index contributed by atoms with van der Waals surface area (Å²) in [5.74, 6) is 0. The molecule has 0 fully saturated rings. The Balaban J connectivity index is 2.13. The molecule has 2 N–H and O–H groups in total. The van der Waals surface area contributed by atoms with Crippen LogP contribution in [0.15, 0.2) is 71.2 Å². The van der Waals surface area contributed by atoms with Crippen LogP contribution in [0.5, 0.6) is 0 Å². The molecule has 0 aliphatic heterocycles. The molecule has 0 amide bonds. The van der Waals surface area contributed by atoms with Gasteiger partial charge < -0.3 is 10.0 Å². The first-order chi connectivity index (χ1) is 12.1. The van der Waals surface area contributed by atoms with Crippen molar-refractivity contribution in [1.82, 2.24) is 0 Å². The smallest absolute Gasteiger partial charge is 0.423 e. The van der Waals surface area contributed by atoms with E-state index in [1.54, 1.807) is 6.07 Å². The second-order valence-electron chi connectivity index (χ2n) is 6.23. The molecule has 25 heavy (non-hydrogen) atoms. The SMILES string of the molecule is Cc1cc(-c2c3ccccc3c(Br)c3ccccc23)ccc1B(O)O. The average Bonchev–Trinajstić information content (AvgIpc) is 2.62. The van der Waals surface area contributed by atoms with Crippen LogP contribution in [-0.4, -0.2) is 17.2 Å². The molecule has 4 aromatic rings. The van der Waals surface area contributed by atoms with Crippen LogP contribution in [0, 0.1) is 6.92 Å². The molecule has 0 aromatic heterocycles. The first-order valence-electron chi connectivity index (χ1n) is 8.14. The topological polar surface area (TPSA) is 40.5 Å². The monoisotopic (exact) mass is 390 g/mol. The van der Waals surface area contributed by atoms with Gasteiger partial charge in [-0.05, 0) is 61.0 Å². The van der Waals surface area contributed by atoms with Gasteiger partial charge in [-0.15, -0.1) is 0 Å². The van der Waals surface area contributed by atoms with Crippen molar-refractivity contribution >= 4 is 50.1 Å². The Bertz CT molecular complexity index is 1050. The van der Waals surface area contributed by atoms with Gasteiger partial charge >= 0.3 is 7.12 Å². The Morgan fingerprint density at radius 2 is 1.28 bits per heavy atom. The van der Waals surface area contributed by atoms with Crippen molar-refractivity contribution in [2.45, 2.75) is 6.92 Å². The van der Waals surface area contributed by atoms with E-state index in [-0.39, 0.29) is 0 Å². The van der Waals surface area contributed by atoms with E-state index in [4.69, 9.17) is 0 Å². The Labute approximate surface area is 155 Å².